The topological polar surface area (TPSA) is 88.5 Å². The summed E-state index contributed by atoms with van der Waals surface area (Å²) in [5.41, 5.74) is 0.459. The zero-order valence-corrected chi connectivity index (χ0v) is 13.5. The largest absolute Gasteiger partial charge is 0.435 e. The van der Waals surface area contributed by atoms with Gasteiger partial charge in [0.1, 0.15) is 16.5 Å². The van der Waals surface area contributed by atoms with E-state index in [1.165, 1.54) is 42.6 Å². The highest BCUT2D eigenvalue weighted by molar-refractivity contribution is 7.90. The lowest BCUT2D eigenvalue weighted by Crippen LogP contribution is -2.15. The third-order valence-electron chi connectivity index (χ3n) is 3.12. The Labute approximate surface area is 138 Å². The molecule has 0 aliphatic heterocycles. The molecule has 0 bridgehead atoms. The maximum absolute atomic E-state index is 12.1. The molecule has 24 heavy (non-hydrogen) atoms. The molecular formula is C15H16F2N2O4S. The van der Waals surface area contributed by atoms with E-state index in [1.54, 1.807) is 0 Å². The van der Waals surface area contributed by atoms with Crippen LogP contribution in [0.2, 0.25) is 0 Å². The van der Waals surface area contributed by atoms with Crippen LogP contribution in [0, 0.1) is 0 Å². The van der Waals surface area contributed by atoms with Gasteiger partial charge < -0.3 is 15.2 Å². The summed E-state index contributed by atoms with van der Waals surface area (Å²) in [7, 11) is -3.46. The van der Waals surface area contributed by atoms with Crippen molar-refractivity contribution in [3.8, 4) is 5.75 Å². The number of rotatable bonds is 7. The first-order valence-electron chi connectivity index (χ1n) is 6.89. The lowest BCUT2D eigenvalue weighted by atomic mass is 10.1. The van der Waals surface area contributed by atoms with E-state index in [0.717, 1.165) is 6.26 Å². The molecule has 0 aliphatic rings. The van der Waals surface area contributed by atoms with Crippen LogP contribution in [0.1, 0.15) is 11.7 Å². The molecule has 0 amide bonds. The molecule has 1 aromatic carbocycles. The second kappa shape index (κ2) is 7.54. The molecule has 1 unspecified atom stereocenters. The minimum Gasteiger partial charge on any atom is -0.435 e. The summed E-state index contributed by atoms with van der Waals surface area (Å²) in [6.07, 6.45) is 1.51. The van der Waals surface area contributed by atoms with E-state index in [4.69, 9.17) is 0 Å². The highest BCUT2D eigenvalue weighted by atomic mass is 32.2. The minimum atomic E-state index is -3.46. The third-order valence-corrected chi connectivity index (χ3v) is 4.25. The quantitative estimate of drug-likeness (QED) is 0.789. The second-order valence-corrected chi connectivity index (χ2v) is 6.95. The fraction of sp³-hybridized carbons (Fsp3) is 0.267. The lowest BCUT2D eigenvalue weighted by molar-refractivity contribution is -0.0498. The molecule has 0 spiro atoms. The van der Waals surface area contributed by atoms with Crippen LogP contribution in [-0.4, -0.2) is 37.9 Å². The smallest absolute Gasteiger partial charge is 0.387 e. The number of aliphatic hydroxyl groups is 1. The molecule has 0 fully saturated rings. The number of halogens is 2. The normalized spacial score (nSPS) is 12.9. The van der Waals surface area contributed by atoms with E-state index < -0.39 is 22.6 Å². The fourth-order valence-corrected chi connectivity index (χ4v) is 2.81. The van der Waals surface area contributed by atoms with Crippen molar-refractivity contribution in [1.82, 2.24) is 4.98 Å². The van der Waals surface area contributed by atoms with Crippen LogP contribution in [0.15, 0.2) is 47.5 Å². The van der Waals surface area contributed by atoms with Gasteiger partial charge in [0.2, 0.25) is 0 Å². The first-order valence-corrected chi connectivity index (χ1v) is 8.78. The van der Waals surface area contributed by atoms with E-state index in [0.29, 0.717) is 5.56 Å². The maximum Gasteiger partial charge on any atom is 0.387 e. The molecule has 0 saturated heterocycles. The van der Waals surface area contributed by atoms with Crippen molar-refractivity contribution in [1.29, 1.82) is 0 Å². The van der Waals surface area contributed by atoms with Crippen molar-refractivity contribution >= 4 is 15.7 Å². The molecule has 2 N–H and O–H groups in total. The number of nitrogens with one attached hydrogen (secondary N) is 1. The van der Waals surface area contributed by atoms with Crippen LogP contribution in [0.5, 0.6) is 5.75 Å². The molecule has 1 atom stereocenters. The van der Waals surface area contributed by atoms with Gasteiger partial charge in [-0.2, -0.15) is 8.78 Å². The first kappa shape index (κ1) is 18.1. The number of aliphatic hydroxyl groups excluding tert-OH is 1. The Hall–Kier alpha value is -2.26. The number of anilines is 1. The molecule has 0 radical (unpaired) electrons. The van der Waals surface area contributed by atoms with E-state index >= 15 is 0 Å². The molecule has 1 aromatic heterocycles. The molecule has 0 saturated carbocycles. The lowest BCUT2D eigenvalue weighted by Gasteiger charge is -2.15. The predicted octanol–water partition coefficient (Wildman–Crippen LogP) is 2.23. The Balaban J connectivity index is 2.05. The van der Waals surface area contributed by atoms with Gasteiger partial charge in [0.25, 0.3) is 0 Å². The fourth-order valence-electron chi connectivity index (χ4n) is 2.01. The zero-order chi connectivity index (χ0) is 17.7. The Morgan fingerprint density at radius 3 is 2.50 bits per heavy atom. The molecule has 6 nitrogen and oxygen atoms in total. The molecule has 130 valence electrons. The van der Waals surface area contributed by atoms with Crippen molar-refractivity contribution < 1.29 is 27.0 Å². The number of hydrogen-bond acceptors (Lipinski definition) is 6. The number of nitrogens with zero attached hydrogens (tertiary/aromatic N) is 1. The number of pyridine rings is 1. The van der Waals surface area contributed by atoms with Crippen LogP contribution in [0.4, 0.5) is 14.6 Å². The standard InChI is InChI=1S/C15H16F2N2O4S/c1-24(21,22)13-3-2-8-18-14(13)19-9-12(20)10-4-6-11(7-5-10)23-15(16)17/h2-8,12,15,20H,9H2,1H3,(H,18,19). The average Bonchev–Trinajstić information content (AvgIpc) is 2.52. The number of ether oxygens (including phenoxy) is 1. The highest BCUT2D eigenvalue weighted by Gasteiger charge is 2.15. The van der Waals surface area contributed by atoms with Gasteiger partial charge in [-0.05, 0) is 29.8 Å². The number of sulfone groups is 1. The van der Waals surface area contributed by atoms with Crippen LogP contribution >= 0.6 is 0 Å². The molecule has 0 aliphatic carbocycles. The Bertz CT molecular complexity index is 782. The van der Waals surface area contributed by atoms with Crippen LogP contribution in [0.25, 0.3) is 0 Å². The van der Waals surface area contributed by atoms with Gasteiger partial charge in [-0.25, -0.2) is 13.4 Å². The molecule has 2 rings (SSSR count). The van der Waals surface area contributed by atoms with Crippen LogP contribution in [-0.2, 0) is 9.84 Å². The van der Waals surface area contributed by atoms with Crippen LogP contribution in [0.3, 0.4) is 0 Å². The van der Waals surface area contributed by atoms with Gasteiger partial charge in [-0.15, -0.1) is 0 Å². The third kappa shape index (κ3) is 4.87. The van der Waals surface area contributed by atoms with Gasteiger partial charge in [-0.3, -0.25) is 0 Å². The average molecular weight is 358 g/mol. The van der Waals surface area contributed by atoms with Gasteiger partial charge in [0.15, 0.2) is 9.84 Å². The summed E-state index contributed by atoms with van der Waals surface area (Å²) < 4.78 is 51.7. The van der Waals surface area contributed by atoms with Crippen molar-refractivity contribution in [2.24, 2.45) is 0 Å². The number of alkyl halides is 2. The second-order valence-electron chi connectivity index (χ2n) is 4.97. The number of aromatic nitrogens is 1. The summed E-state index contributed by atoms with van der Waals surface area (Å²) >= 11 is 0. The Morgan fingerprint density at radius 1 is 1.25 bits per heavy atom. The van der Waals surface area contributed by atoms with E-state index in [2.05, 4.69) is 15.0 Å². The maximum atomic E-state index is 12.1. The van der Waals surface area contributed by atoms with Crippen molar-refractivity contribution in [2.45, 2.75) is 17.6 Å². The number of benzene rings is 1. The monoisotopic (exact) mass is 358 g/mol. The van der Waals surface area contributed by atoms with Gasteiger partial charge in [0.05, 0.1) is 6.10 Å². The van der Waals surface area contributed by atoms with E-state index in [9.17, 15) is 22.3 Å². The molecule has 9 heteroatoms. The molecule has 2 aromatic rings. The van der Waals surface area contributed by atoms with Gasteiger partial charge >= 0.3 is 6.61 Å². The predicted molar refractivity (Wildman–Crippen MR) is 83.9 cm³/mol. The van der Waals surface area contributed by atoms with Crippen molar-refractivity contribution in [2.75, 3.05) is 18.1 Å². The highest BCUT2D eigenvalue weighted by Crippen LogP contribution is 2.22. The SMILES string of the molecule is CS(=O)(=O)c1cccnc1NCC(O)c1ccc(OC(F)F)cc1. The Morgan fingerprint density at radius 2 is 1.92 bits per heavy atom. The summed E-state index contributed by atoms with van der Waals surface area (Å²) in [5.74, 6) is 0.120. The molecule has 1 heterocycles. The van der Waals surface area contributed by atoms with Crippen LogP contribution < -0.4 is 10.1 Å². The van der Waals surface area contributed by atoms with Gasteiger partial charge in [-0.1, -0.05) is 12.1 Å². The van der Waals surface area contributed by atoms with E-state index in [-0.39, 0.29) is 23.0 Å². The summed E-state index contributed by atoms with van der Waals surface area (Å²) in [6.45, 7) is -2.92. The summed E-state index contributed by atoms with van der Waals surface area (Å²) in [6, 6.07) is 8.42. The van der Waals surface area contributed by atoms with Crippen molar-refractivity contribution in [3.05, 3.63) is 48.2 Å². The van der Waals surface area contributed by atoms with E-state index in [1.807, 2.05) is 0 Å². The van der Waals surface area contributed by atoms with Crippen molar-refractivity contribution in [3.63, 3.8) is 0 Å². The summed E-state index contributed by atoms with van der Waals surface area (Å²) in [5, 5.41) is 12.9. The summed E-state index contributed by atoms with van der Waals surface area (Å²) in [4.78, 5) is 3.98. The molecular weight excluding hydrogens is 342 g/mol. The number of hydrogen-bond donors (Lipinski definition) is 2. The Kier molecular flexibility index (Phi) is 5.68. The first-order chi connectivity index (χ1) is 11.3. The zero-order valence-electron chi connectivity index (χ0n) is 12.7. The van der Waals surface area contributed by atoms with Gasteiger partial charge in [0, 0.05) is 19.0 Å². The minimum absolute atomic E-state index is 0.00537.